The third-order valence-corrected chi connectivity index (χ3v) is 3.87. The summed E-state index contributed by atoms with van der Waals surface area (Å²) < 4.78 is 5.11. The second-order valence-corrected chi connectivity index (χ2v) is 6.20. The average Bonchev–Trinajstić information content (AvgIpc) is 2.56. The molecular formula is C20H24N2O3. The Morgan fingerprint density at radius 3 is 2.40 bits per heavy atom. The Balaban J connectivity index is 2.02. The summed E-state index contributed by atoms with van der Waals surface area (Å²) >= 11 is 0. The number of anilines is 2. The van der Waals surface area contributed by atoms with E-state index in [1.165, 1.54) is 0 Å². The highest BCUT2D eigenvalue weighted by Crippen LogP contribution is 2.27. The average molecular weight is 340 g/mol. The van der Waals surface area contributed by atoms with Crippen molar-refractivity contribution in [3.63, 3.8) is 0 Å². The van der Waals surface area contributed by atoms with Crippen molar-refractivity contribution in [1.82, 2.24) is 0 Å². The summed E-state index contributed by atoms with van der Waals surface area (Å²) in [6.45, 7) is 6.08. The SMILES string of the molecule is COc1cccc(NC(=O)CC(=O)Nc2c(C)cccc2C(C)C)c1. The minimum atomic E-state index is -0.370. The van der Waals surface area contributed by atoms with Crippen LogP contribution in [0.4, 0.5) is 11.4 Å². The molecule has 2 N–H and O–H groups in total. The highest BCUT2D eigenvalue weighted by molar-refractivity contribution is 6.08. The van der Waals surface area contributed by atoms with E-state index in [0.717, 1.165) is 16.8 Å². The van der Waals surface area contributed by atoms with E-state index in [1.807, 2.05) is 25.1 Å². The van der Waals surface area contributed by atoms with Crippen LogP contribution in [0.25, 0.3) is 0 Å². The van der Waals surface area contributed by atoms with Crippen LogP contribution in [0.15, 0.2) is 42.5 Å². The maximum absolute atomic E-state index is 12.3. The van der Waals surface area contributed by atoms with Crippen molar-refractivity contribution in [2.24, 2.45) is 0 Å². The fourth-order valence-corrected chi connectivity index (χ4v) is 2.58. The zero-order valence-corrected chi connectivity index (χ0v) is 15.1. The van der Waals surface area contributed by atoms with Crippen molar-refractivity contribution in [2.75, 3.05) is 17.7 Å². The summed E-state index contributed by atoms with van der Waals surface area (Å²) in [5.74, 6) is 0.214. The van der Waals surface area contributed by atoms with Gasteiger partial charge in [0.05, 0.1) is 7.11 Å². The van der Waals surface area contributed by atoms with E-state index in [9.17, 15) is 9.59 Å². The molecular weight excluding hydrogens is 316 g/mol. The number of carbonyl (C=O) groups is 2. The number of rotatable bonds is 6. The molecule has 0 unspecified atom stereocenters. The monoisotopic (exact) mass is 340 g/mol. The summed E-state index contributed by atoms with van der Waals surface area (Å²) in [5, 5.41) is 5.58. The van der Waals surface area contributed by atoms with Crippen LogP contribution in [-0.2, 0) is 9.59 Å². The number of para-hydroxylation sites is 1. The van der Waals surface area contributed by atoms with Crippen molar-refractivity contribution in [2.45, 2.75) is 33.1 Å². The van der Waals surface area contributed by atoms with E-state index in [0.29, 0.717) is 11.4 Å². The van der Waals surface area contributed by atoms with E-state index >= 15 is 0 Å². The molecule has 0 bridgehead atoms. The van der Waals surface area contributed by atoms with Gasteiger partial charge in [0, 0.05) is 17.4 Å². The van der Waals surface area contributed by atoms with Crippen LogP contribution >= 0.6 is 0 Å². The van der Waals surface area contributed by atoms with Crippen LogP contribution in [0, 0.1) is 6.92 Å². The lowest BCUT2D eigenvalue weighted by molar-refractivity contribution is -0.123. The summed E-state index contributed by atoms with van der Waals surface area (Å²) in [7, 11) is 1.56. The van der Waals surface area contributed by atoms with Crippen LogP contribution in [-0.4, -0.2) is 18.9 Å². The molecule has 0 aliphatic rings. The van der Waals surface area contributed by atoms with Gasteiger partial charge in [-0.15, -0.1) is 0 Å². The Morgan fingerprint density at radius 2 is 1.72 bits per heavy atom. The first-order valence-corrected chi connectivity index (χ1v) is 8.24. The molecule has 5 nitrogen and oxygen atoms in total. The van der Waals surface area contributed by atoms with Crippen molar-refractivity contribution in [3.05, 3.63) is 53.6 Å². The van der Waals surface area contributed by atoms with E-state index in [1.54, 1.807) is 31.4 Å². The molecule has 132 valence electrons. The lowest BCUT2D eigenvalue weighted by Gasteiger charge is -2.16. The second-order valence-electron chi connectivity index (χ2n) is 6.20. The number of hydrogen-bond acceptors (Lipinski definition) is 3. The standard InChI is InChI=1S/C20H24N2O3/c1-13(2)17-10-5-7-14(3)20(17)22-19(24)12-18(23)21-15-8-6-9-16(11-15)25-4/h5-11,13H,12H2,1-4H3,(H,21,23)(H,22,24). The molecule has 0 fully saturated rings. The van der Waals surface area contributed by atoms with Crippen LogP contribution in [0.1, 0.15) is 37.3 Å². The van der Waals surface area contributed by atoms with Gasteiger partial charge in [0.15, 0.2) is 0 Å². The Labute approximate surface area is 148 Å². The molecule has 2 amide bonds. The molecule has 0 radical (unpaired) electrons. The maximum Gasteiger partial charge on any atom is 0.233 e. The topological polar surface area (TPSA) is 67.4 Å². The van der Waals surface area contributed by atoms with E-state index < -0.39 is 0 Å². The van der Waals surface area contributed by atoms with Gasteiger partial charge in [-0.2, -0.15) is 0 Å². The number of amides is 2. The molecule has 2 rings (SSSR count). The van der Waals surface area contributed by atoms with Gasteiger partial charge < -0.3 is 15.4 Å². The molecule has 2 aromatic rings. The number of methoxy groups -OCH3 is 1. The largest absolute Gasteiger partial charge is 0.497 e. The number of ether oxygens (including phenoxy) is 1. The first-order chi connectivity index (χ1) is 11.9. The van der Waals surface area contributed by atoms with Gasteiger partial charge in [0.25, 0.3) is 0 Å². The first kappa shape index (κ1) is 18.5. The Kier molecular flexibility index (Phi) is 6.17. The summed E-state index contributed by atoms with van der Waals surface area (Å²) in [6, 6.07) is 12.9. The van der Waals surface area contributed by atoms with Gasteiger partial charge >= 0.3 is 0 Å². The molecule has 2 aromatic carbocycles. The third-order valence-electron chi connectivity index (χ3n) is 3.87. The van der Waals surface area contributed by atoms with Crippen molar-refractivity contribution < 1.29 is 14.3 Å². The molecule has 0 heterocycles. The number of aryl methyl sites for hydroxylation is 1. The van der Waals surface area contributed by atoms with E-state index in [-0.39, 0.29) is 24.2 Å². The van der Waals surface area contributed by atoms with Crippen LogP contribution in [0.2, 0.25) is 0 Å². The predicted octanol–water partition coefficient (Wildman–Crippen LogP) is 4.09. The molecule has 0 spiro atoms. The lowest BCUT2D eigenvalue weighted by Crippen LogP contribution is -2.22. The minimum Gasteiger partial charge on any atom is -0.497 e. The number of carbonyl (C=O) groups excluding carboxylic acids is 2. The summed E-state index contributed by atoms with van der Waals surface area (Å²) in [5.41, 5.74) is 3.42. The molecule has 0 aliphatic carbocycles. The predicted molar refractivity (Wildman–Crippen MR) is 100 cm³/mol. The third kappa shape index (κ3) is 5.08. The number of nitrogens with one attached hydrogen (secondary N) is 2. The molecule has 0 saturated carbocycles. The summed E-state index contributed by atoms with van der Waals surface area (Å²) in [6.07, 6.45) is -0.247. The van der Waals surface area contributed by atoms with Crippen LogP contribution in [0.5, 0.6) is 5.75 Å². The van der Waals surface area contributed by atoms with Crippen LogP contribution in [0.3, 0.4) is 0 Å². The van der Waals surface area contributed by atoms with Gasteiger partial charge in [-0.25, -0.2) is 0 Å². The van der Waals surface area contributed by atoms with Crippen LogP contribution < -0.4 is 15.4 Å². The fraction of sp³-hybridized carbons (Fsp3) is 0.300. The van der Waals surface area contributed by atoms with Gasteiger partial charge in [-0.1, -0.05) is 38.1 Å². The molecule has 0 atom stereocenters. The van der Waals surface area contributed by atoms with Gasteiger partial charge in [0.1, 0.15) is 12.2 Å². The van der Waals surface area contributed by atoms with Crippen molar-refractivity contribution in [3.8, 4) is 5.75 Å². The molecule has 25 heavy (non-hydrogen) atoms. The van der Waals surface area contributed by atoms with E-state index in [4.69, 9.17) is 4.74 Å². The number of hydrogen-bond donors (Lipinski definition) is 2. The highest BCUT2D eigenvalue weighted by Gasteiger charge is 2.15. The molecule has 0 aromatic heterocycles. The van der Waals surface area contributed by atoms with Gasteiger partial charge in [-0.3, -0.25) is 9.59 Å². The smallest absolute Gasteiger partial charge is 0.233 e. The zero-order valence-electron chi connectivity index (χ0n) is 15.1. The van der Waals surface area contributed by atoms with Gasteiger partial charge in [-0.05, 0) is 36.1 Å². The normalized spacial score (nSPS) is 10.4. The summed E-state index contributed by atoms with van der Waals surface area (Å²) in [4.78, 5) is 24.4. The van der Waals surface area contributed by atoms with Gasteiger partial charge in [0.2, 0.25) is 11.8 Å². The second kappa shape index (κ2) is 8.33. The quantitative estimate of drug-likeness (QED) is 0.778. The van der Waals surface area contributed by atoms with Crippen molar-refractivity contribution in [1.29, 1.82) is 0 Å². The Bertz CT molecular complexity index is 769. The van der Waals surface area contributed by atoms with E-state index in [2.05, 4.69) is 24.5 Å². The zero-order chi connectivity index (χ0) is 18.4. The first-order valence-electron chi connectivity index (χ1n) is 8.24. The minimum absolute atomic E-state index is 0.247. The Hall–Kier alpha value is -2.82. The molecule has 0 aliphatic heterocycles. The highest BCUT2D eigenvalue weighted by atomic mass is 16.5. The Morgan fingerprint density at radius 1 is 1.04 bits per heavy atom. The fourth-order valence-electron chi connectivity index (χ4n) is 2.58. The molecule has 5 heteroatoms. The lowest BCUT2D eigenvalue weighted by atomic mass is 9.98. The van der Waals surface area contributed by atoms with Crippen molar-refractivity contribution >= 4 is 23.2 Å². The number of benzene rings is 2. The maximum atomic E-state index is 12.3. The molecule has 0 saturated heterocycles.